The Kier molecular flexibility index (Phi) is 7.36. The lowest BCUT2D eigenvalue weighted by molar-refractivity contribution is -0.153. The molecular formula is C22H26ClNO5. The van der Waals surface area contributed by atoms with Gasteiger partial charge in [-0.05, 0) is 55.7 Å². The van der Waals surface area contributed by atoms with Crippen LogP contribution in [-0.2, 0) is 16.0 Å². The molecule has 1 heterocycles. The third-order valence-electron chi connectivity index (χ3n) is 4.65. The number of hydrogen-bond donors (Lipinski definition) is 2. The number of hydrogen-bond acceptors (Lipinski definition) is 6. The smallest absolute Gasteiger partial charge is 0.350 e. The van der Waals surface area contributed by atoms with Crippen molar-refractivity contribution in [2.24, 2.45) is 0 Å². The minimum atomic E-state index is -0.734. The first-order valence-electron chi connectivity index (χ1n) is 9.72. The van der Waals surface area contributed by atoms with Gasteiger partial charge in [0.15, 0.2) is 11.5 Å². The maximum absolute atomic E-state index is 11.8. The van der Waals surface area contributed by atoms with E-state index >= 15 is 0 Å². The predicted molar refractivity (Wildman–Crippen MR) is 111 cm³/mol. The van der Waals surface area contributed by atoms with Crippen LogP contribution in [0, 0.1) is 0 Å². The third-order valence-corrected chi connectivity index (χ3v) is 4.89. The van der Waals surface area contributed by atoms with Crippen LogP contribution >= 0.6 is 11.6 Å². The van der Waals surface area contributed by atoms with Gasteiger partial charge in [0.1, 0.15) is 6.61 Å². The van der Waals surface area contributed by atoms with Crippen molar-refractivity contribution in [3.8, 4) is 11.5 Å². The molecule has 2 aromatic carbocycles. The molecule has 0 bridgehead atoms. The van der Waals surface area contributed by atoms with Crippen molar-refractivity contribution in [2.45, 2.75) is 38.5 Å². The summed E-state index contributed by atoms with van der Waals surface area (Å²) in [6.07, 6.45) is -0.613. The zero-order chi connectivity index (χ0) is 20.8. The number of benzene rings is 2. The van der Waals surface area contributed by atoms with E-state index in [9.17, 15) is 9.90 Å². The number of aliphatic hydroxyl groups excluding tert-OH is 1. The SMILES string of the molecule is CCOC(=O)[C@@H]1COc2cc(C[C@H](C)NCC(O)c3cccc(Cl)c3)ccc2O1. The van der Waals surface area contributed by atoms with Gasteiger partial charge in [0.05, 0.1) is 12.7 Å². The molecule has 3 rings (SSSR count). The van der Waals surface area contributed by atoms with E-state index in [0.29, 0.717) is 29.7 Å². The maximum atomic E-state index is 11.8. The second-order valence-corrected chi connectivity index (χ2v) is 7.47. The second-order valence-electron chi connectivity index (χ2n) is 7.03. The summed E-state index contributed by atoms with van der Waals surface area (Å²) in [6, 6.07) is 13.0. The highest BCUT2D eigenvalue weighted by molar-refractivity contribution is 6.30. The minimum Gasteiger partial charge on any atom is -0.485 e. The number of rotatable bonds is 8. The molecule has 0 aromatic heterocycles. The summed E-state index contributed by atoms with van der Waals surface area (Å²) in [4.78, 5) is 11.8. The maximum Gasteiger partial charge on any atom is 0.350 e. The Balaban J connectivity index is 1.52. The van der Waals surface area contributed by atoms with Crippen molar-refractivity contribution in [3.05, 3.63) is 58.6 Å². The number of nitrogens with one attached hydrogen (secondary N) is 1. The van der Waals surface area contributed by atoms with Gasteiger partial charge in [-0.2, -0.15) is 0 Å². The van der Waals surface area contributed by atoms with Crippen LogP contribution in [-0.4, -0.2) is 43.0 Å². The lowest BCUT2D eigenvalue weighted by atomic mass is 10.0. The summed E-state index contributed by atoms with van der Waals surface area (Å²) < 4.78 is 16.4. The highest BCUT2D eigenvalue weighted by atomic mass is 35.5. The third kappa shape index (κ3) is 5.85. The second kappa shape index (κ2) is 9.96. The van der Waals surface area contributed by atoms with E-state index < -0.39 is 18.2 Å². The van der Waals surface area contributed by atoms with Crippen LogP contribution in [0.2, 0.25) is 5.02 Å². The van der Waals surface area contributed by atoms with Gasteiger partial charge < -0.3 is 24.6 Å². The Morgan fingerprint density at radius 1 is 1.31 bits per heavy atom. The van der Waals surface area contributed by atoms with Gasteiger partial charge in [0.25, 0.3) is 0 Å². The Hall–Kier alpha value is -2.28. The lowest BCUT2D eigenvalue weighted by Crippen LogP contribution is -2.38. The normalized spacial score (nSPS) is 17.4. The fraction of sp³-hybridized carbons (Fsp3) is 0.409. The molecule has 2 aromatic rings. The zero-order valence-corrected chi connectivity index (χ0v) is 17.3. The first kappa shape index (κ1) is 21.4. The van der Waals surface area contributed by atoms with Gasteiger partial charge in [-0.25, -0.2) is 4.79 Å². The molecule has 0 saturated heterocycles. The summed E-state index contributed by atoms with van der Waals surface area (Å²) in [5.41, 5.74) is 1.85. The van der Waals surface area contributed by atoms with E-state index in [2.05, 4.69) is 12.2 Å². The first-order chi connectivity index (χ1) is 14.0. The molecule has 0 fully saturated rings. The quantitative estimate of drug-likeness (QED) is 0.639. The van der Waals surface area contributed by atoms with E-state index in [0.717, 1.165) is 17.5 Å². The van der Waals surface area contributed by atoms with Crippen LogP contribution in [0.25, 0.3) is 0 Å². The number of ether oxygens (including phenoxy) is 3. The highest BCUT2D eigenvalue weighted by Crippen LogP contribution is 2.33. The monoisotopic (exact) mass is 419 g/mol. The topological polar surface area (TPSA) is 77.0 Å². The number of esters is 1. The summed E-state index contributed by atoms with van der Waals surface area (Å²) in [6.45, 7) is 4.67. The molecule has 0 radical (unpaired) electrons. The van der Waals surface area contributed by atoms with E-state index in [1.165, 1.54) is 0 Å². The molecule has 1 unspecified atom stereocenters. The molecule has 3 atom stereocenters. The molecular weight excluding hydrogens is 394 g/mol. The van der Waals surface area contributed by atoms with Crippen molar-refractivity contribution in [3.63, 3.8) is 0 Å². The van der Waals surface area contributed by atoms with Crippen LogP contribution in [0.3, 0.4) is 0 Å². The van der Waals surface area contributed by atoms with Gasteiger partial charge in [-0.15, -0.1) is 0 Å². The Labute approximate surface area is 175 Å². The van der Waals surface area contributed by atoms with Crippen LogP contribution in [0.1, 0.15) is 31.1 Å². The molecule has 7 heteroatoms. The minimum absolute atomic E-state index is 0.134. The number of carbonyl (C=O) groups excluding carboxylic acids is 1. The van der Waals surface area contributed by atoms with Gasteiger partial charge in [-0.3, -0.25) is 0 Å². The van der Waals surface area contributed by atoms with Gasteiger partial charge in [0, 0.05) is 17.6 Å². The number of halogens is 1. The fourth-order valence-electron chi connectivity index (χ4n) is 3.16. The van der Waals surface area contributed by atoms with E-state index in [-0.39, 0.29) is 12.6 Å². The van der Waals surface area contributed by atoms with Crippen LogP contribution in [0.5, 0.6) is 11.5 Å². The molecule has 6 nitrogen and oxygen atoms in total. The summed E-state index contributed by atoms with van der Waals surface area (Å²) in [5.74, 6) is 0.738. The average molecular weight is 420 g/mol. The molecule has 156 valence electrons. The van der Waals surface area contributed by atoms with Crippen LogP contribution in [0.15, 0.2) is 42.5 Å². The largest absolute Gasteiger partial charge is 0.485 e. The van der Waals surface area contributed by atoms with Crippen molar-refractivity contribution in [1.82, 2.24) is 5.32 Å². The molecule has 0 saturated carbocycles. The van der Waals surface area contributed by atoms with Crippen molar-refractivity contribution >= 4 is 17.6 Å². The Bertz CT molecular complexity index is 844. The van der Waals surface area contributed by atoms with Gasteiger partial charge in [0.2, 0.25) is 6.10 Å². The zero-order valence-electron chi connectivity index (χ0n) is 16.6. The summed E-state index contributed by atoms with van der Waals surface area (Å²) >= 11 is 5.98. The van der Waals surface area contributed by atoms with Gasteiger partial charge in [-0.1, -0.05) is 29.8 Å². The molecule has 0 amide bonds. The lowest BCUT2D eigenvalue weighted by Gasteiger charge is -2.25. The van der Waals surface area contributed by atoms with Crippen molar-refractivity contribution in [1.29, 1.82) is 0 Å². The number of fused-ring (bicyclic) bond motifs is 1. The molecule has 0 spiro atoms. The number of aliphatic hydroxyl groups is 1. The molecule has 1 aliphatic heterocycles. The van der Waals surface area contributed by atoms with Gasteiger partial charge >= 0.3 is 5.97 Å². The Morgan fingerprint density at radius 2 is 2.14 bits per heavy atom. The van der Waals surface area contributed by atoms with Crippen molar-refractivity contribution in [2.75, 3.05) is 19.8 Å². The van der Waals surface area contributed by atoms with Crippen LogP contribution < -0.4 is 14.8 Å². The summed E-state index contributed by atoms with van der Waals surface area (Å²) in [5, 5.41) is 14.3. The average Bonchev–Trinajstić information content (AvgIpc) is 2.71. The van der Waals surface area contributed by atoms with E-state index in [1.807, 2.05) is 30.3 Å². The Morgan fingerprint density at radius 3 is 2.90 bits per heavy atom. The predicted octanol–water partition coefficient (Wildman–Crippen LogP) is 3.30. The van der Waals surface area contributed by atoms with Crippen LogP contribution in [0.4, 0.5) is 0 Å². The standard InChI is InChI=1S/C22H26ClNO5/c1-3-27-22(26)21-13-28-20-10-15(7-8-19(20)29-21)9-14(2)24-12-18(25)16-5-4-6-17(23)11-16/h4-8,10-11,14,18,21,24-25H,3,9,12-13H2,1-2H3/t14-,18?,21-/m0/s1. The summed E-state index contributed by atoms with van der Waals surface area (Å²) in [7, 11) is 0. The van der Waals surface area contributed by atoms with E-state index in [4.69, 9.17) is 25.8 Å². The first-order valence-corrected chi connectivity index (χ1v) is 10.1. The van der Waals surface area contributed by atoms with E-state index in [1.54, 1.807) is 19.1 Å². The molecule has 0 aliphatic carbocycles. The molecule has 2 N–H and O–H groups in total. The number of carbonyl (C=O) groups is 1. The van der Waals surface area contributed by atoms with Crippen molar-refractivity contribution < 1.29 is 24.1 Å². The molecule has 29 heavy (non-hydrogen) atoms. The highest BCUT2D eigenvalue weighted by Gasteiger charge is 2.28. The fourth-order valence-corrected chi connectivity index (χ4v) is 3.36. The molecule has 1 aliphatic rings.